The minimum atomic E-state index is -0.150. The van der Waals surface area contributed by atoms with Crippen molar-refractivity contribution in [3.05, 3.63) is 29.8 Å². The third-order valence-corrected chi connectivity index (χ3v) is 3.82. The minimum absolute atomic E-state index is 0.150. The van der Waals surface area contributed by atoms with E-state index < -0.39 is 0 Å². The quantitative estimate of drug-likeness (QED) is 0.592. The number of unbranched alkanes of at least 4 members (excludes halogenated alkanes) is 5. The third-order valence-electron chi connectivity index (χ3n) is 3.82. The summed E-state index contributed by atoms with van der Waals surface area (Å²) in [5.41, 5.74) is 1.27. The van der Waals surface area contributed by atoms with Crippen molar-refractivity contribution < 1.29 is 9.84 Å². The number of aryl methyl sites for hydroxylation is 1. The molecule has 0 fully saturated rings. The van der Waals surface area contributed by atoms with Gasteiger partial charge in [0.25, 0.3) is 0 Å². The summed E-state index contributed by atoms with van der Waals surface area (Å²) in [5, 5.41) is 9.99. The molecule has 1 rings (SSSR count). The van der Waals surface area contributed by atoms with Gasteiger partial charge in [0, 0.05) is 0 Å². The first-order chi connectivity index (χ1) is 9.76. The Hall–Kier alpha value is -1.02. The van der Waals surface area contributed by atoms with Crippen LogP contribution in [0.25, 0.3) is 0 Å². The lowest BCUT2D eigenvalue weighted by atomic mass is 10.0. The van der Waals surface area contributed by atoms with Gasteiger partial charge < -0.3 is 9.84 Å². The zero-order chi connectivity index (χ0) is 14.6. The van der Waals surface area contributed by atoms with Gasteiger partial charge in [-0.05, 0) is 37.0 Å². The molecule has 0 saturated heterocycles. The van der Waals surface area contributed by atoms with Gasteiger partial charge in [-0.3, -0.25) is 0 Å². The molecule has 2 nitrogen and oxygen atoms in total. The molecule has 0 aliphatic rings. The molecule has 114 valence electrons. The molecule has 1 unspecified atom stereocenters. The van der Waals surface area contributed by atoms with Crippen LogP contribution in [0.4, 0.5) is 0 Å². The molecule has 0 aliphatic heterocycles. The van der Waals surface area contributed by atoms with Crippen LogP contribution in [0.2, 0.25) is 0 Å². The van der Waals surface area contributed by atoms with Gasteiger partial charge in [-0.15, -0.1) is 0 Å². The molecule has 0 amide bonds. The lowest BCUT2D eigenvalue weighted by Gasteiger charge is -2.10. The Morgan fingerprint density at radius 3 is 2.25 bits per heavy atom. The maximum atomic E-state index is 9.99. The average molecular weight is 278 g/mol. The van der Waals surface area contributed by atoms with Crippen molar-refractivity contribution in [1.29, 1.82) is 0 Å². The number of methoxy groups -OCH3 is 1. The van der Waals surface area contributed by atoms with E-state index in [2.05, 4.69) is 19.1 Å². The van der Waals surface area contributed by atoms with Crippen molar-refractivity contribution in [3.8, 4) is 5.75 Å². The van der Waals surface area contributed by atoms with Crippen LogP contribution >= 0.6 is 0 Å². The number of hydrogen-bond acceptors (Lipinski definition) is 2. The molecule has 0 heterocycles. The maximum absolute atomic E-state index is 9.99. The normalized spacial score (nSPS) is 12.3. The van der Waals surface area contributed by atoms with Crippen LogP contribution in [0.3, 0.4) is 0 Å². The second kappa shape index (κ2) is 10.7. The van der Waals surface area contributed by atoms with E-state index in [4.69, 9.17) is 4.74 Å². The summed E-state index contributed by atoms with van der Waals surface area (Å²) in [6.07, 6.45) is 10.3. The predicted octanol–water partition coefficient (Wildman–Crippen LogP) is 4.74. The molecule has 0 saturated carbocycles. The molecule has 0 aliphatic carbocycles. The van der Waals surface area contributed by atoms with Crippen molar-refractivity contribution in [1.82, 2.24) is 0 Å². The Labute approximate surface area is 124 Å². The number of benzene rings is 1. The maximum Gasteiger partial charge on any atom is 0.118 e. The second-order valence-corrected chi connectivity index (χ2v) is 5.60. The van der Waals surface area contributed by atoms with Crippen molar-refractivity contribution >= 4 is 0 Å². The van der Waals surface area contributed by atoms with Gasteiger partial charge in [0.1, 0.15) is 5.75 Å². The molecule has 1 atom stereocenters. The molecule has 1 N–H and O–H groups in total. The summed E-state index contributed by atoms with van der Waals surface area (Å²) < 4.78 is 5.14. The van der Waals surface area contributed by atoms with Gasteiger partial charge in [0.15, 0.2) is 0 Å². The van der Waals surface area contributed by atoms with Crippen LogP contribution in [-0.4, -0.2) is 18.3 Å². The minimum Gasteiger partial charge on any atom is -0.497 e. The van der Waals surface area contributed by atoms with Crippen LogP contribution in [0, 0.1) is 0 Å². The molecular weight excluding hydrogens is 248 g/mol. The zero-order valence-corrected chi connectivity index (χ0v) is 13.1. The molecule has 0 bridgehead atoms. The fraction of sp³-hybridized carbons (Fsp3) is 0.667. The van der Waals surface area contributed by atoms with Crippen molar-refractivity contribution in [3.63, 3.8) is 0 Å². The van der Waals surface area contributed by atoms with Crippen molar-refractivity contribution in [2.24, 2.45) is 0 Å². The summed E-state index contributed by atoms with van der Waals surface area (Å²) in [6.45, 7) is 2.24. The van der Waals surface area contributed by atoms with Gasteiger partial charge in [0.2, 0.25) is 0 Å². The number of rotatable bonds is 11. The highest BCUT2D eigenvalue weighted by Crippen LogP contribution is 2.15. The molecule has 0 spiro atoms. The van der Waals surface area contributed by atoms with E-state index in [-0.39, 0.29) is 6.10 Å². The fourth-order valence-electron chi connectivity index (χ4n) is 2.43. The Kier molecular flexibility index (Phi) is 9.14. The van der Waals surface area contributed by atoms with Gasteiger partial charge in [-0.25, -0.2) is 0 Å². The van der Waals surface area contributed by atoms with E-state index in [0.29, 0.717) is 0 Å². The highest BCUT2D eigenvalue weighted by molar-refractivity contribution is 5.27. The largest absolute Gasteiger partial charge is 0.497 e. The zero-order valence-electron chi connectivity index (χ0n) is 13.1. The summed E-state index contributed by atoms with van der Waals surface area (Å²) in [5.74, 6) is 0.890. The van der Waals surface area contributed by atoms with Gasteiger partial charge >= 0.3 is 0 Å². The first kappa shape index (κ1) is 17.0. The van der Waals surface area contributed by atoms with Crippen LogP contribution in [0.5, 0.6) is 5.75 Å². The summed E-state index contributed by atoms with van der Waals surface area (Å²) in [4.78, 5) is 0. The lowest BCUT2D eigenvalue weighted by Crippen LogP contribution is -2.07. The van der Waals surface area contributed by atoms with Gasteiger partial charge in [0.05, 0.1) is 13.2 Å². The van der Waals surface area contributed by atoms with E-state index in [1.807, 2.05) is 12.1 Å². The highest BCUT2D eigenvalue weighted by atomic mass is 16.5. The molecule has 2 heteroatoms. The lowest BCUT2D eigenvalue weighted by molar-refractivity contribution is 0.151. The Balaban J connectivity index is 2.08. The van der Waals surface area contributed by atoms with Crippen molar-refractivity contribution in [2.75, 3.05) is 7.11 Å². The molecule has 0 aromatic heterocycles. The van der Waals surface area contributed by atoms with Crippen molar-refractivity contribution in [2.45, 2.75) is 70.8 Å². The van der Waals surface area contributed by atoms with E-state index in [0.717, 1.165) is 31.4 Å². The number of hydrogen-bond donors (Lipinski definition) is 1. The van der Waals surface area contributed by atoms with Gasteiger partial charge in [-0.1, -0.05) is 57.6 Å². The first-order valence-corrected chi connectivity index (χ1v) is 8.07. The Bertz CT molecular complexity index is 332. The SMILES string of the molecule is CCCCCCCCC(O)CCc1ccc(OC)cc1. The van der Waals surface area contributed by atoms with Crippen LogP contribution in [0.1, 0.15) is 63.9 Å². The number of ether oxygens (including phenoxy) is 1. The van der Waals surface area contributed by atoms with Crippen LogP contribution in [0.15, 0.2) is 24.3 Å². The third kappa shape index (κ3) is 7.54. The van der Waals surface area contributed by atoms with E-state index >= 15 is 0 Å². The molecule has 1 aromatic rings. The average Bonchev–Trinajstić information content (AvgIpc) is 2.49. The smallest absolute Gasteiger partial charge is 0.118 e. The topological polar surface area (TPSA) is 29.5 Å². The summed E-state index contributed by atoms with van der Waals surface area (Å²) in [6, 6.07) is 8.12. The monoisotopic (exact) mass is 278 g/mol. The first-order valence-electron chi connectivity index (χ1n) is 8.07. The second-order valence-electron chi connectivity index (χ2n) is 5.60. The number of aliphatic hydroxyl groups excluding tert-OH is 1. The predicted molar refractivity (Wildman–Crippen MR) is 85.3 cm³/mol. The molecular formula is C18H30O2. The van der Waals surface area contributed by atoms with E-state index in [1.54, 1.807) is 7.11 Å². The van der Waals surface area contributed by atoms with Crippen LogP contribution < -0.4 is 4.74 Å². The Morgan fingerprint density at radius 2 is 1.60 bits per heavy atom. The molecule has 20 heavy (non-hydrogen) atoms. The Morgan fingerprint density at radius 1 is 0.950 bits per heavy atom. The number of aliphatic hydroxyl groups is 1. The van der Waals surface area contributed by atoms with E-state index in [9.17, 15) is 5.11 Å². The summed E-state index contributed by atoms with van der Waals surface area (Å²) >= 11 is 0. The fourth-order valence-corrected chi connectivity index (χ4v) is 2.43. The molecule has 1 aromatic carbocycles. The van der Waals surface area contributed by atoms with Crippen LogP contribution in [-0.2, 0) is 6.42 Å². The molecule has 0 radical (unpaired) electrons. The summed E-state index contributed by atoms with van der Waals surface area (Å²) in [7, 11) is 1.68. The standard InChI is InChI=1S/C18H30O2/c1-3-4-5-6-7-8-9-17(19)13-10-16-11-14-18(20-2)15-12-16/h11-12,14-15,17,19H,3-10,13H2,1-2H3. The highest BCUT2D eigenvalue weighted by Gasteiger charge is 2.04. The van der Waals surface area contributed by atoms with E-state index in [1.165, 1.54) is 37.7 Å². The van der Waals surface area contributed by atoms with Gasteiger partial charge in [-0.2, -0.15) is 0 Å².